The van der Waals surface area contributed by atoms with Gasteiger partial charge in [-0.1, -0.05) is 18.2 Å². The van der Waals surface area contributed by atoms with E-state index in [-0.39, 0.29) is 17.9 Å². The Morgan fingerprint density at radius 1 is 1.24 bits per heavy atom. The van der Waals surface area contributed by atoms with Crippen LogP contribution in [0.15, 0.2) is 24.3 Å². The number of fused-ring (bicyclic) bond motifs is 1. The third-order valence-corrected chi connectivity index (χ3v) is 4.36. The van der Waals surface area contributed by atoms with Crippen molar-refractivity contribution >= 4 is 17.7 Å². The smallest absolute Gasteiger partial charge is 0.409 e. The maximum Gasteiger partial charge on any atom is 0.409 e. The molecule has 21 heavy (non-hydrogen) atoms. The van der Waals surface area contributed by atoms with E-state index < -0.39 is 0 Å². The third kappa shape index (κ3) is 2.60. The Morgan fingerprint density at radius 3 is 2.86 bits per heavy atom. The Hall–Kier alpha value is -2.04. The van der Waals surface area contributed by atoms with E-state index in [9.17, 15) is 9.59 Å². The number of likely N-dealkylation sites (tertiary alicyclic amines) is 1. The number of rotatable bonds is 1. The summed E-state index contributed by atoms with van der Waals surface area (Å²) in [7, 11) is 1.38. The molecule has 112 valence electrons. The minimum Gasteiger partial charge on any atom is -0.453 e. The minimum absolute atomic E-state index is 0.121. The molecule has 2 heterocycles. The van der Waals surface area contributed by atoms with Crippen molar-refractivity contribution in [2.24, 2.45) is 5.92 Å². The Kier molecular flexibility index (Phi) is 3.82. The highest BCUT2D eigenvalue weighted by Gasteiger charge is 2.34. The highest BCUT2D eigenvalue weighted by atomic mass is 16.5. The van der Waals surface area contributed by atoms with Gasteiger partial charge >= 0.3 is 6.09 Å². The van der Waals surface area contributed by atoms with Crippen molar-refractivity contribution in [2.75, 3.05) is 31.6 Å². The number of piperidine rings is 1. The van der Waals surface area contributed by atoms with Crippen molar-refractivity contribution < 1.29 is 14.3 Å². The van der Waals surface area contributed by atoms with Crippen LogP contribution in [0.1, 0.15) is 18.4 Å². The monoisotopic (exact) mass is 288 g/mol. The first-order valence-electron chi connectivity index (χ1n) is 7.43. The molecule has 1 unspecified atom stereocenters. The zero-order valence-electron chi connectivity index (χ0n) is 12.2. The van der Waals surface area contributed by atoms with Crippen LogP contribution < -0.4 is 4.90 Å². The number of anilines is 1. The zero-order valence-corrected chi connectivity index (χ0v) is 12.2. The summed E-state index contributed by atoms with van der Waals surface area (Å²) in [6.07, 6.45) is 2.26. The molecule has 1 aromatic rings. The van der Waals surface area contributed by atoms with E-state index in [0.717, 1.165) is 31.5 Å². The van der Waals surface area contributed by atoms with Gasteiger partial charge in [-0.25, -0.2) is 4.79 Å². The van der Waals surface area contributed by atoms with Crippen LogP contribution in [0.2, 0.25) is 0 Å². The van der Waals surface area contributed by atoms with Gasteiger partial charge in [-0.3, -0.25) is 4.79 Å². The summed E-state index contributed by atoms with van der Waals surface area (Å²) in [6.45, 7) is 1.88. The Bertz CT molecular complexity index is 558. The van der Waals surface area contributed by atoms with Gasteiger partial charge in [-0.15, -0.1) is 0 Å². The second-order valence-electron chi connectivity index (χ2n) is 5.62. The van der Waals surface area contributed by atoms with Crippen LogP contribution in [-0.4, -0.2) is 43.6 Å². The van der Waals surface area contributed by atoms with Gasteiger partial charge in [0.05, 0.1) is 13.0 Å². The Morgan fingerprint density at radius 2 is 2.05 bits per heavy atom. The second-order valence-corrected chi connectivity index (χ2v) is 5.62. The molecule has 2 aliphatic rings. The molecule has 0 saturated carbocycles. The van der Waals surface area contributed by atoms with E-state index in [1.807, 2.05) is 23.1 Å². The van der Waals surface area contributed by atoms with Crippen LogP contribution in [-0.2, 0) is 16.0 Å². The summed E-state index contributed by atoms with van der Waals surface area (Å²) >= 11 is 0. The van der Waals surface area contributed by atoms with Gasteiger partial charge in [0.2, 0.25) is 5.91 Å². The summed E-state index contributed by atoms with van der Waals surface area (Å²) in [5.41, 5.74) is 2.25. The maximum atomic E-state index is 12.8. The molecule has 2 amide bonds. The highest BCUT2D eigenvalue weighted by molar-refractivity contribution is 5.97. The lowest BCUT2D eigenvalue weighted by Crippen LogP contribution is -2.46. The number of carbonyl (C=O) groups excluding carboxylic acids is 2. The van der Waals surface area contributed by atoms with Crippen molar-refractivity contribution in [1.29, 1.82) is 0 Å². The molecule has 1 atom stereocenters. The molecule has 5 heteroatoms. The van der Waals surface area contributed by atoms with E-state index in [0.29, 0.717) is 13.1 Å². The molecule has 1 aromatic carbocycles. The van der Waals surface area contributed by atoms with Crippen LogP contribution in [0.25, 0.3) is 0 Å². The standard InChI is InChI=1S/C16H20N2O3/c1-21-16(20)17-9-4-6-13(11-17)15(19)18-10-8-12-5-2-3-7-14(12)18/h2-3,5,7,13H,4,6,8-11H2,1H3. The largest absolute Gasteiger partial charge is 0.453 e. The lowest BCUT2D eigenvalue weighted by Gasteiger charge is -2.33. The number of nitrogens with zero attached hydrogens (tertiary/aromatic N) is 2. The number of ether oxygens (including phenoxy) is 1. The molecule has 1 saturated heterocycles. The van der Waals surface area contributed by atoms with Crippen LogP contribution in [0.5, 0.6) is 0 Å². The molecule has 0 bridgehead atoms. The van der Waals surface area contributed by atoms with E-state index >= 15 is 0 Å². The van der Waals surface area contributed by atoms with Gasteiger partial charge in [-0.2, -0.15) is 0 Å². The predicted octanol–water partition coefficient (Wildman–Crippen LogP) is 2.05. The summed E-state index contributed by atoms with van der Waals surface area (Å²) in [5, 5.41) is 0. The first-order chi connectivity index (χ1) is 10.2. The molecule has 3 rings (SSSR count). The van der Waals surface area contributed by atoms with Crippen LogP contribution in [0, 0.1) is 5.92 Å². The van der Waals surface area contributed by atoms with Crippen molar-refractivity contribution in [2.45, 2.75) is 19.3 Å². The number of benzene rings is 1. The summed E-state index contributed by atoms with van der Waals surface area (Å²) in [6, 6.07) is 8.05. The maximum absolute atomic E-state index is 12.8. The lowest BCUT2D eigenvalue weighted by atomic mass is 9.96. The van der Waals surface area contributed by atoms with Gasteiger partial charge in [0.25, 0.3) is 0 Å². The first kappa shape index (κ1) is 13.9. The predicted molar refractivity (Wildman–Crippen MR) is 79.2 cm³/mol. The highest BCUT2D eigenvalue weighted by Crippen LogP contribution is 2.30. The first-order valence-corrected chi connectivity index (χ1v) is 7.43. The van der Waals surface area contributed by atoms with Gasteiger partial charge in [0.15, 0.2) is 0 Å². The summed E-state index contributed by atoms with van der Waals surface area (Å²) in [4.78, 5) is 27.9. The fraction of sp³-hybridized carbons (Fsp3) is 0.500. The summed E-state index contributed by atoms with van der Waals surface area (Å²) in [5.74, 6) is 0.0116. The number of hydrogen-bond donors (Lipinski definition) is 0. The zero-order chi connectivity index (χ0) is 14.8. The average Bonchev–Trinajstić information content (AvgIpc) is 2.97. The topological polar surface area (TPSA) is 49.9 Å². The van der Waals surface area contributed by atoms with Crippen molar-refractivity contribution in [1.82, 2.24) is 4.90 Å². The van der Waals surface area contributed by atoms with E-state index in [1.54, 1.807) is 4.90 Å². The quantitative estimate of drug-likeness (QED) is 0.794. The Labute approximate surface area is 124 Å². The normalized spacial score (nSPS) is 21.1. The van der Waals surface area contributed by atoms with Gasteiger partial charge in [0, 0.05) is 25.3 Å². The number of hydrogen-bond acceptors (Lipinski definition) is 3. The molecule has 0 N–H and O–H groups in total. The average molecular weight is 288 g/mol. The summed E-state index contributed by atoms with van der Waals surface area (Å²) < 4.78 is 4.76. The lowest BCUT2D eigenvalue weighted by molar-refractivity contribution is -0.123. The van der Waals surface area contributed by atoms with Crippen LogP contribution in [0.3, 0.4) is 0 Å². The van der Waals surface area contributed by atoms with E-state index in [2.05, 4.69) is 6.07 Å². The number of carbonyl (C=O) groups is 2. The second kappa shape index (κ2) is 5.76. The van der Waals surface area contributed by atoms with Crippen molar-refractivity contribution in [3.8, 4) is 0 Å². The number of para-hydroxylation sites is 1. The van der Waals surface area contributed by atoms with Crippen LogP contribution in [0.4, 0.5) is 10.5 Å². The number of amides is 2. The molecular formula is C16H20N2O3. The van der Waals surface area contributed by atoms with Crippen molar-refractivity contribution in [3.05, 3.63) is 29.8 Å². The number of methoxy groups -OCH3 is 1. The van der Waals surface area contributed by atoms with E-state index in [1.165, 1.54) is 12.7 Å². The van der Waals surface area contributed by atoms with Gasteiger partial charge < -0.3 is 14.5 Å². The fourth-order valence-electron chi connectivity index (χ4n) is 3.26. The van der Waals surface area contributed by atoms with Gasteiger partial charge in [0.1, 0.15) is 0 Å². The SMILES string of the molecule is COC(=O)N1CCCC(C(=O)N2CCc3ccccc32)C1. The third-order valence-electron chi connectivity index (χ3n) is 4.36. The van der Waals surface area contributed by atoms with Crippen molar-refractivity contribution in [3.63, 3.8) is 0 Å². The van der Waals surface area contributed by atoms with E-state index in [4.69, 9.17) is 4.74 Å². The van der Waals surface area contributed by atoms with Crippen LogP contribution >= 0.6 is 0 Å². The van der Waals surface area contributed by atoms with Gasteiger partial charge in [-0.05, 0) is 30.9 Å². The fourth-order valence-corrected chi connectivity index (χ4v) is 3.26. The Balaban J connectivity index is 1.73. The molecule has 0 spiro atoms. The molecule has 2 aliphatic heterocycles. The molecule has 5 nitrogen and oxygen atoms in total. The molecule has 1 fully saturated rings. The molecular weight excluding hydrogens is 268 g/mol. The molecule has 0 aliphatic carbocycles. The minimum atomic E-state index is -0.339. The molecule has 0 radical (unpaired) electrons. The molecule has 0 aromatic heterocycles.